The molecule has 0 fully saturated rings. The highest BCUT2D eigenvalue weighted by molar-refractivity contribution is 14.1. The molecule has 0 rings (SSSR count). The molecule has 0 spiro atoms. The average molecular weight is 313 g/mol. The number of amides is 1. The molecule has 14 heavy (non-hydrogen) atoms. The lowest BCUT2D eigenvalue weighted by Crippen LogP contribution is -2.33. The van der Waals surface area contributed by atoms with Crippen molar-refractivity contribution in [2.75, 3.05) is 13.7 Å². The predicted molar refractivity (Wildman–Crippen MR) is 62.4 cm³/mol. The minimum Gasteiger partial charge on any atom is -0.468 e. The fraction of sp³-hybridized carbons (Fsp3) is 0.778. The van der Waals surface area contributed by atoms with Crippen molar-refractivity contribution in [1.29, 1.82) is 0 Å². The Kier molecular flexibility index (Phi) is 7.83. The van der Waals surface area contributed by atoms with Crippen LogP contribution in [0.1, 0.15) is 26.2 Å². The second-order valence-electron chi connectivity index (χ2n) is 2.90. The SMILES string of the molecule is CCCCC(=O)NCC(I)C(=O)OC. The fourth-order valence-corrected chi connectivity index (χ4v) is 1.31. The van der Waals surface area contributed by atoms with Crippen LogP contribution in [0.4, 0.5) is 0 Å². The Morgan fingerprint density at radius 3 is 2.64 bits per heavy atom. The zero-order valence-electron chi connectivity index (χ0n) is 8.51. The van der Waals surface area contributed by atoms with Crippen molar-refractivity contribution < 1.29 is 14.3 Å². The summed E-state index contributed by atoms with van der Waals surface area (Å²) in [5.74, 6) is -0.307. The normalized spacial score (nSPS) is 11.9. The van der Waals surface area contributed by atoms with Gasteiger partial charge in [0.25, 0.3) is 0 Å². The van der Waals surface area contributed by atoms with Crippen LogP contribution >= 0.6 is 22.6 Å². The molecule has 0 aliphatic rings. The van der Waals surface area contributed by atoms with Crippen molar-refractivity contribution >= 4 is 34.5 Å². The smallest absolute Gasteiger partial charge is 0.320 e. The van der Waals surface area contributed by atoms with Crippen molar-refractivity contribution in [3.05, 3.63) is 0 Å². The monoisotopic (exact) mass is 313 g/mol. The number of hydrogen-bond acceptors (Lipinski definition) is 3. The predicted octanol–water partition coefficient (Wildman–Crippen LogP) is 1.27. The Bertz CT molecular complexity index is 196. The topological polar surface area (TPSA) is 55.4 Å². The van der Waals surface area contributed by atoms with Gasteiger partial charge in [0.15, 0.2) is 0 Å². The van der Waals surface area contributed by atoms with Gasteiger partial charge < -0.3 is 10.1 Å². The summed E-state index contributed by atoms with van der Waals surface area (Å²) in [5, 5.41) is 2.69. The Balaban J connectivity index is 3.60. The van der Waals surface area contributed by atoms with Crippen molar-refractivity contribution in [3.8, 4) is 0 Å². The molecule has 0 aromatic rings. The molecule has 0 radical (unpaired) electrons. The Morgan fingerprint density at radius 1 is 1.50 bits per heavy atom. The lowest BCUT2D eigenvalue weighted by atomic mass is 10.2. The number of carbonyl (C=O) groups is 2. The summed E-state index contributed by atoms with van der Waals surface area (Å²) in [6.07, 6.45) is 2.41. The van der Waals surface area contributed by atoms with Crippen LogP contribution in [-0.2, 0) is 14.3 Å². The van der Waals surface area contributed by atoms with Crippen LogP contribution in [-0.4, -0.2) is 29.5 Å². The van der Waals surface area contributed by atoms with E-state index in [1.54, 1.807) is 0 Å². The maximum atomic E-state index is 11.2. The molecular weight excluding hydrogens is 297 g/mol. The van der Waals surface area contributed by atoms with Gasteiger partial charge in [0.1, 0.15) is 3.92 Å². The van der Waals surface area contributed by atoms with Crippen molar-refractivity contribution in [3.63, 3.8) is 0 Å². The van der Waals surface area contributed by atoms with Gasteiger partial charge in [-0.05, 0) is 6.42 Å². The summed E-state index contributed by atoms with van der Waals surface area (Å²) >= 11 is 1.95. The van der Waals surface area contributed by atoms with E-state index >= 15 is 0 Å². The van der Waals surface area contributed by atoms with Crippen LogP contribution in [0.25, 0.3) is 0 Å². The van der Waals surface area contributed by atoms with Crippen molar-refractivity contribution in [2.45, 2.75) is 30.1 Å². The van der Waals surface area contributed by atoms with Gasteiger partial charge in [-0.2, -0.15) is 0 Å². The Hall–Kier alpha value is -0.330. The van der Waals surface area contributed by atoms with Gasteiger partial charge in [-0.25, -0.2) is 0 Å². The molecule has 0 bridgehead atoms. The van der Waals surface area contributed by atoms with Gasteiger partial charge in [0.2, 0.25) is 5.91 Å². The third-order valence-electron chi connectivity index (χ3n) is 1.69. The summed E-state index contributed by atoms with van der Waals surface area (Å²) in [4.78, 5) is 22.1. The first-order chi connectivity index (χ1) is 6.61. The molecule has 1 unspecified atom stereocenters. The number of alkyl halides is 1. The highest BCUT2D eigenvalue weighted by atomic mass is 127. The van der Waals surface area contributed by atoms with Crippen LogP contribution in [0.3, 0.4) is 0 Å². The zero-order valence-corrected chi connectivity index (χ0v) is 10.7. The van der Waals surface area contributed by atoms with E-state index in [0.717, 1.165) is 12.8 Å². The number of unbranched alkanes of at least 4 members (excludes halogenated alkanes) is 1. The van der Waals surface area contributed by atoms with Crippen LogP contribution < -0.4 is 5.32 Å². The third kappa shape index (κ3) is 6.17. The second kappa shape index (κ2) is 8.02. The maximum absolute atomic E-state index is 11.2. The molecule has 1 amide bonds. The Labute approximate surface area is 97.9 Å². The first kappa shape index (κ1) is 13.7. The van der Waals surface area contributed by atoms with Crippen molar-refractivity contribution in [2.24, 2.45) is 0 Å². The lowest BCUT2D eigenvalue weighted by molar-refractivity contribution is -0.139. The second-order valence-corrected chi connectivity index (χ2v) is 4.40. The van der Waals surface area contributed by atoms with Gasteiger partial charge >= 0.3 is 5.97 Å². The van der Waals surface area contributed by atoms with E-state index in [1.807, 2.05) is 29.5 Å². The Morgan fingerprint density at radius 2 is 2.14 bits per heavy atom. The number of nitrogens with one attached hydrogen (secondary N) is 1. The molecule has 82 valence electrons. The van der Waals surface area contributed by atoms with E-state index in [-0.39, 0.29) is 15.8 Å². The van der Waals surface area contributed by atoms with E-state index < -0.39 is 0 Å². The molecule has 0 saturated heterocycles. The molecule has 0 aliphatic carbocycles. The molecular formula is C9H16INO3. The number of ether oxygens (including phenoxy) is 1. The number of halogens is 1. The largest absolute Gasteiger partial charge is 0.468 e. The van der Waals surface area contributed by atoms with Crippen LogP contribution in [0.2, 0.25) is 0 Å². The molecule has 4 nitrogen and oxygen atoms in total. The highest BCUT2D eigenvalue weighted by Gasteiger charge is 2.15. The number of rotatable bonds is 6. The number of hydrogen-bond donors (Lipinski definition) is 1. The van der Waals surface area contributed by atoms with Gasteiger partial charge in [0, 0.05) is 13.0 Å². The van der Waals surface area contributed by atoms with Crippen molar-refractivity contribution in [1.82, 2.24) is 5.32 Å². The molecule has 0 aromatic carbocycles. The highest BCUT2D eigenvalue weighted by Crippen LogP contribution is 2.01. The van der Waals surface area contributed by atoms with Crippen LogP contribution in [0.5, 0.6) is 0 Å². The quantitative estimate of drug-likeness (QED) is 0.456. The average Bonchev–Trinajstić information content (AvgIpc) is 2.21. The van der Waals surface area contributed by atoms with E-state index in [4.69, 9.17) is 0 Å². The van der Waals surface area contributed by atoms with E-state index in [1.165, 1.54) is 7.11 Å². The molecule has 0 saturated carbocycles. The summed E-state index contributed by atoms with van der Waals surface area (Å²) in [7, 11) is 1.34. The standard InChI is InChI=1S/C9H16INO3/c1-3-4-5-8(12)11-6-7(10)9(13)14-2/h7H,3-6H2,1-2H3,(H,11,12). The molecule has 1 atom stereocenters. The molecule has 0 aliphatic heterocycles. The zero-order chi connectivity index (χ0) is 11.0. The van der Waals surface area contributed by atoms with Gasteiger partial charge in [-0.1, -0.05) is 35.9 Å². The summed E-state index contributed by atoms with van der Waals surface area (Å²) in [6, 6.07) is 0. The summed E-state index contributed by atoms with van der Waals surface area (Å²) < 4.78 is 4.23. The van der Waals surface area contributed by atoms with E-state index in [0.29, 0.717) is 13.0 Å². The number of carbonyl (C=O) groups excluding carboxylic acids is 2. The lowest BCUT2D eigenvalue weighted by Gasteiger charge is -2.08. The maximum Gasteiger partial charge on any atom is 0.320 e. The first-order valence-corrected chi connectivity index (χ1v) is 5.85. The summed E-state index contributed by atoms with van der Waals surface area (Å²) in [5.41, 5.74) is 0. The first-order valence-electron chi connectivity index (χ1n) is 4.60. The van der Waals surface area contributed by atoms with Gasteiger partial charge in [-0.3, -0.25) is 9.59 Å². The van der Waals surface area contributed by atoms with Gasteiger partial charge in [0.05, 0.1) is 7.11 Å². The molecule has 0 heterocycles. The molecule has 5 heteroatoms. The fourth-order valence-electron chi connectivity index (χ4n) is 0.840. The van der Waals surface area contributed by atoms with Crippen LogP contribution in [0.15, 0.2) is 0 Å². The molecule has 1 N–H and O–H groups in total. The molecule has 0 aromatic heterocycles. The number of methoxy groups -OCH3 is 1. The number of esters is 1. The third-order valence-corrected chi connectivity index (χ3v) is 2.64. The van der Waals surface area contributed by atoms with Crippen LogP contribution in [0, 0.1) is 0 Å². The minimum absolute atomic E-state index is 0.00239. The van der Waals surface area contributed by atoms with E-state index in [9.17, 15) is 9.59 Å². The van der Waals surface area contributed by atoms with Gasteiger partial charge in [-0.15, -0.1) is 0 Å². The van der Waals surface area contributed by atoms with E-state index in [2.05, 4.69) is 10.1 Å². The minimum atomic E-state index is -0.304. The summed E-state index contributed by atoms with van der Waals surface area (Å²) in [6.45, 7) is 2.37.